The van der Waals surface area contributed by atoms with Crippen LogP contribution >= 0.6 is 0 Å². The molecule has 0 bridgehead atoms. The molecular weight excluding hydrogens is 272 g/mol. The van der Waals surface area contributed by atoms with Crippen LogP contribution in [0.1, 0.15) is 32.6 Å². The number of hydrogen-bond donors (Lipinski definition) is 2. The van der Waals surface area contributed by atoms with Gasteiger partial charge in [-0.2, -0.15) is 0 Å². The Hall–Kier alpha value is -1.72. The monoisotopic (exact) mass is 302 g/mol. The smallest absolute Gasteiger partial charge is 0.151 e. The molecule has 0 aromatic rings. The highest BCUT2D eigenvalue weighted by molar-refractivity contribution is 4.57. The van der Waals surface area contributed by atoms with E-state index in [1.807, 2.05) is 0 Å². The van der Waals surface area contributed by atoms with Crippen LogP contribution < -0.4 is 0 Å². The van der Waals surface area contributed by atoms with Crippen LogP contribution in [0.25, 0.3) is 0 Å². The van der Waals surface area contributed by atoms with Gasteiger partial charge in [0.15, 0.2) is 6.29 Å². The molecule has 0 amide bonds. The summed E-state index contributed by atoms with van der Waals surface area (Å²) < 4.78 is 13.8. The Morgan fingerprint density at radius 3 is 1.57 bits per heavy atom. The maximum absolute atomic E-state index is 8.33. The van der Waals surface area contributed by atoms with E-state index in [-0.39, 0.29) is 0 Å². The number of unbranched alkanes of at least 4 members (excludes halogenated alkanes) is 2. The summed E-state index contributed by atoms with van der Waals surface area (Å²) in [5.74, 6) is 0. The number of aliphatic hydroxyl groups is 2. The van der Waals surface area contributed by atoms with E-state index >= 15 is 0 Å². The summed E-state index contributed by atoms with van der Waals surface area (Å²) in [5.41, 5.74) is 0. The summed E-state index contributed by atoms with van der Waals surface area (Å²) in [6.45, 7) is 16.4. The summed E-state index contributed by atoms with van der Waals surface area (Å²) in [6.07, 6.45) is 7.96. The zero-order chi connectivity index (χ0) is 16.8. The van der Waals surface area contributed by atoms with E-state index in [0.29, 0.717) is 19.6 Å². The highest BCUT2D eigenvalue weighted by atomic mass is 16.5. The van der Waals surface area contributed by atoms with Crippen LogP contribution in [0.5, 0.6) is 0 Å². The van der Waals surface area contributed by atoms with Crippen molar-refractivity contribution in [3.05, 3.63) is 51.4 Å². The van der Waals surface area contributed by atoms with Gasteiger partial charge in [-0.25, -0.2) is 0 Å². The van der Waals surface area contributed by atoms with Gasteiger partial charge in [0.25, 0.3) is 0 Å². The Morgan fingerprint density at radius 2 is 1.33 bits per heavy atom. The summed E-state index contributed by atoms with van der Waals surface area (Å²) in [4.78, 5) is 0. The van der Waals surface area contributed by atoms with Crippen molar-refractivity contribution in [3.8, 4) is 0 Å². The third kappa shape index (κ3) is 45.8. The summed E-state index contributed by atoms with van der Waals surface area (Å²) in [6, 6.07) is 0. The topological polar surface area (TPSA) is 68.2 Å². The second-order valence-electron chi connectivity index (χ2n) is 3.52. The standard InChI is InChI=1S/C6H10O2.C6H14O2.C4H6O/c1-3-7-5-6-8-4-2;1-2-3-4-5-6(7)8;1-3-5-4-2/h3-4H,1-2,5-6H2;6-8H,2-5H2,1H3;3-4H,1-2H2. The predicted molar refractivity (Wildman–Crippen MR) is 86.1 cm³/mol. The molecule has 0 fully saturated rings. The molecule has 0 aliphatic heterocycles. The molecule has 0 aliphatic carbocycles. The van der Waals surface area contributed by atoms with Gasteiger partial charge in [-0.15, -0.1) is 0 Å². The maximum atomic E-state index is 8.33. The van der Waals surface area contributed by atoms with Crippen molar-refractivity contribution in [1.82, 2.24) is 0 Å². The first kappa shape index (κ1) is 24.3. The van der Waals surface area contributed by atoms with Crippen LogP contribution in [-0.4, -0.2) is 29.7 Å². The fourth-order valence-corrected chi connectivity index (χ4v) is 0.908. The maximum Gasteiger partial charge on any atom is 0.151 e. The molecule has 0 aromatic carbocycles. The molecule has 5 nitrogen and oxygen atoms in total. The van der Waals surface area contributed by atoms with Gasteiger partial charge < -0.3 is 24.4 Å². The first-order chi connectivity index (χ1) is 10.1. The van der Waals surface area contributed by atoms with E-state index in [1.165, 1.54) is 25.0 Å². The normalized spacial score (nSPS) is 8.19. The van der Waals surface area contributed by atoms with Gasteiger partial charge in [0.2, 0.25) is 0 Å². The molecule has 0 unspecified atom stereocenters. The lowest BCUT2D eigenvalue weighted by atomic mass is 10.2. The Labute approximate surface area is 128 Å². The molecule has 2 N–H and O–H groups in total. The van der Waals surface area contributed by atoms with Crippen LogP contribution in [0.3, 0.4) is 0 Å². The molecule has 21 heavy (non-hydrogen) atoms. The van der Waals surface area contributed by atoms with Crippen molar-refractivity contribution < 1.29 is 24.4 Å². The number of aliphatic hydroxyl groups excluding tert-OH is 1. The third-order valence-electron chi connectivity index (χ3n) is 1.81. The molecule has 0 radical (unpaired) electrons. The minimum Gasteiger partial charge on any atom is -0.498 e. The second kappa shape index (κ2) is 26.8. The molecule has 0 heterocycles. The lowest BCUT2D eigenvalue weighted by Crippen LogP contribution is -2.02. The Kier molecular flexibility index (Phi) is 31.0. The highest BCUT2D eigenvalue weighted by Gasteiger charge is 1.93. The molecule has 5 heteroatoms. The van der Waals surface area contributed by atoms with E-state index < -0.39 is 6.29 Å². The predicted octanol–water partition coefficient (Wildman–Crippen LogP) is 3.47. The number of ether oxygens (including phenoxy) is 3. The van der Waals surface area contributed by atoms with Crippen molar-refractivity contribution >= 4 is 0 Å². The Morgan fingerprint density at radius 1 is 0.857 bits per heavy atom. The molecule has 0 saturated heterocycles. The fourth-order valence-electron chi connectivity index (χ4n) is 0.908. The molecule has 0 aliphatic rings. The largest absolute Gasteiger partial charge is 0.498 e. The minimum atomic E-state index is -1.10. The van der Waals surface area contributed by atoms with Gasteiger partial charge in [-0.3, -0.25) is 0 Å². The average molecular weight is 302 g/mol. The zero-order valence-corrected chi connectivity index (χ0v) is 13.1. The van der Waals surface area contributed by atoms with Crippen molar-refractivity contribution in [2.24, 2.45) is 0 Å². The molecule has 0 atom stereocenters. The van der Waals surface area contributed by atoms with Crippen molar-refractivity contribution in [3.63, 3.8) is 0 Å². The van der Waals surface area contributed by atoms with Crippen LogP contribution in [0.4, 0.5) is 0 Å². The van der Waals surface area contributed by atoms with Gasteiger partial charge in [0.05, 0.1) is 25.0 Å². The van der Waals surface area contributed by atoms with Gasteiger partial charge >= 0.3 is 0 Å². The van der Waals surface area contributed by atoms with Crippen LogP contribution in [0.15, 0.2) is 51.4 Å². The van der Waals surface area contributed by atoms with Gasteiger partial charge in [0, 0.05) is 0 Å². The molecule has 0 saturated carbocycles. The third-order valence-corrected chi connectivity index (χ3v) is 1.81. The lowest BCUT2D eigenvalue weighted by molar-refractivity contribution is -0.0465. The Balaban J connectivity index is -0.000000239. The quantitative estimate of drug-likeness (QED) is 0.347. The van der Waals surface area contributed by atoms with E-state index in [9.17, 15) is 0 Å². The van der Waals surface area contributed by atoms with Gasteiger partial charge in [0.1, 0.15) is 13.2 Å². The molecule has 0 spiro atoms. The van der Waals surface area contributed by atoms with Crippen LogP contribution in [-0.2, 0) is 14.2 Å². The molecule has 124 valence electrons. The van der Waals surface area contributed by atoms with Crippen LogP contribution in [0, 0.1) is 0 Å². The van der Waals surface area contributed by atoms with E-state index in [2.05, 4.69) is 38.0 Å². The van der Waals surface area contributed by atoms with E-state index in [0.717, 1.165) is 19.3 Å². The first-order valence-electron chi connectivity index (χ1n) is 6.78. The second-order valence-corrected chi connectivity index (χ2v) is 3.52. The van der Waals surface area contributed by atoms with Crippen LogP contribution in [0.2, 0.25) is 0 Å². The molecule has 0 aromatic heterocycles. The lowest BCUT2D eigenvalue weighted by Gasteiger charge is -1.99. The first-order valence-corrected chi connectivity index (χ1v) is 6.78. The summed E-state index contributed by atoms with van der Waals surface area (Å²) in [5, 5.41) is 16.7. The Bertz CT molecular complexity index is 211. The summed E-state index contributed by atoms with van der Waals surface area (Å²) >= 11 is 0. The van der Waals surface area contributed by atoms with Gasteiger partial charge in [-0.05, 0) is 12.8 Å². The number of rotatable bonds is 11. The highest BCUT2D eigenvalue weighted by Crippen LogP contribution is 1.99. The fraction of sp³-hybridized carbons (Fsp3) is 0.500. The van der Waals surface area contributed by atoms with Crippen molar-refractivity contribution in [1.29, 1.82) is 0 Å². The van der Waals surface area contributed by atoms with Gasteiger partial charge in [-0.1, -0.05) is 46.1 Å². The van der Waals surface area contributed by atoms with E-state index in [4.69, 9.17) is 19.7 Å². The number of hydrogen-bond acceptors (Lipinski definition) is 5. The van der Waals surface area contributed by atoms with E-state index in [1.54, 1.807) is 0 Å². The van der Waals surface area contributed by atoms with Crippen molar-refractivity contribution in [2.45, 2.75) is 38.9 Å². The SMILES string of the molecule is C=COC=C.C=COCCOC=C.CCCCCC(O)O. The molecular formula is C16H30O5. The van der Waals surface area contributed by atoms with Crippen molar-refractivity contribution in [2.75, 3.05) is 13.2 Å². The average Bonchev–Trinajstić information content (AvgIpc) is 2.46. The minimum absolute atomic E-state index is 0.522. The molecule has 0 rings (SSSR count). The zero-order valence-electron chi connectivity index (χ0n) is 13.1. The summed E-state index contributed by atoms with van der Waals surface area (Å²) in [7, 11) is 0.